The summed E-state index contributed by atoms with van der Waals surface area (Å²) >= 11 is 0. The lowest BCUT2D eigenvalue weighted by molar-refractivity contribution is -0.117. The average Bonchev–Trinajstić information content (AvgIpc) is 2.48. The van der Waals surface area contributed by atoms with Crippen molar-refractivity contribution in [3.63, 3.8) is 0 Å². The van der Waals surface area contributed by atoms with Crippen LogP contribution in [-0.2, 0) is 4.79 Å². The molecule has 1 amide bonds. The minimum absolute atomic E-state index is 0.132. The molecule has 0 unspecified atom stereocenters. The molecule has 3 N–H and O–H groups in total. The highest BCUT2D eigenvalue weighted by Crippen LogP contribution is 2.27. The summed E-state index contributed by atoms with van der Waals surface area (Å²) in [5, 5.41) is 2.95. The van der Waals surface area contributed by atoms with Gasteiger partial charge < -0.3 is 11.1 Å². The highest BCUT2D eigenvalue weighted by Gasteiger charge is 2.16. The lowest BCUT2D eigenvalue weighted by atomic mass is 10.0. The molecule has 0 aromatic heterocycles. The second-order valence-electron chi connectivity index (χ2n) is 5.64. The van der Waals surface area contributed by atoms with E-state index in [0.29, 0.717) is 12.3 Å². The van der Waals surface area contributed by atoms with Gasteiger partial charge >= 0.3 is 0 Å². The van der Waals surface area contributed by atoms with Crippen molar-refractivity contribution in [3.05, 3.63) is 54.6 Å². The Hall–Kier alpha value is -2.13. The van der Waals surface area contributed by atoms with Crippen LogP contribution in [0, 0.1) is 5.92 Å². The van der Waals surface area contributed by atoms with E-state index < -0.39 is 6.04 Å². The summed E-state index contributed by atoms with van der Waals surface area (Å²) in [6.45, 7) is 4.12. The molecule has 0 bridgehead atoms. The minimum Gasteiger partial charge on any atom is -0.324 e. The van der Waals surface area contributed by atoms with Gasteiger partial charge in [0.2, 0.25) is 5.91 Å². The van der Waals surface area contributed by atoms with Crippen LogP contribution in [0.1, 0.15) is 20.3 Å². The summed E-state index contributed by atoms with van der Waals surface area (Å²) in [4.78, 5) is 12.2. The van der Waals surface area contributed by atoms with Crippen molar-refractivity contribution in [2.45, 2.75) is 26.3 Å². The van der Waals surface area contributed by atoms with Gasteiger partial charge in [0.25, 0.3) is 0 Å². The molecule has 21 heavy (non-hydrogen) atoms. The molecule has 2 aromatic rings. The first kappa shape index (κ1) is 15.3. The van der Waals surface area contributed by atoms with Crippen LogP contribution in [0.3, 0.4) is 0 Å². The molecule has 0 saturated heterocycles. The van der Waals surface area contributed by atoms with Gasteiger partial charge in [-0.1, -0.05) is 62.4 Å². The molecule has 3 heteroatoms. The van der Waals surface area contributed by atoms with Crippen molar-refractivity contribution < 1.29 is 4.79 Å². The monoisotopic (exact) mass is 282 g/mol. The molecule has 0 radical (unpaired) electrons. The Morgan fingerprint density at radius 1 is 1.05 bits per heavy atom. The average molecular weight is 282 g/mol. The van der Waals surface area contributed by atoms with Gasteiger partial charge in [0.1, 0.15) is 0 Å². The van der Waals surface area contributed by atoms with E-state index >= 15 is 0 Å². The summed E-state index contributed by atoms with van der Waals surface area (Å²) in [7, 11) is 0. The number of hydrogen-bond donors (Lipinski definition) is 2. The summed E-state index contributed by atoms with van der Waals surface area (Å²) in [5.41, 5.74) is 8.82. The maximum Gasteiger partial charge on any atom is 0.241 e. The predicted octanol–water partition coefficient (Wildman–Crippen LogP) is 3.67. The second kappa shape index (κ2) is 7.04. The van der Waals surface area contributed by atoms with Crippen LogP contribution < -0.4 is 11.1 Å². The molecule has 3 nitrogen and oxygen atoms in total. The molecular formula is C18H22N2O. The Morgan fingerprint density at radius 3 is 2.33 bits per heavy atom. The number of anilines is 1. The van der Waals surface area contributed by atoms with E-state index in [1.54, 1.807) is 0 Å². The fourth-order valence-corrected chi connectivity index (χ4v) is 2.30. The first-order valence-electron chi connectivity index (χ1n) is 7.29. The molecule has 2 aromatic carbocycles. The summed E-state index contributed by atoms with van der Waals surface area (Å²) < 4.78 is 0. The number of para-hydroxylation sites is 1. The minimum atomic E-state index is -0.478. The summed E-state index contributed by atoms with van der Waals surface area (Å²) in [5.74, 6) is 0.266. The quantitative estimate of drug-likeness (QED) is 0.879. The standard InChI is InChI=1S/C18H22N2O/c1-13(2)12-16(19)18(21)20-17-11-7-6-10-15(17)14-8-4-3-5-9-14/h3-11,13,16H,12,19H2,1-2H3,(H,20,21)/t16-/m1/s1. The third-order valence-corrected chi connectivity index (χ3v) is 3.33. The first-order valence-corrected chi connectivity index (χ1v) is 7.29. The first-order chi connectivity index (χ1) is 10.1. The van der Waals surface area contributed by atoms with Gasteiger partial charge in [-0.25, -0.2) is 0 Å². The third-order valence-electron chi connectivity index (χ3n) is 3.33. The van der Waals surface area contributed by atoms with E-state index in [0.717, 1.165) is 16.8 Å². The molecule has 0 aliphatic carbocycles. The molecule has 0 fully saturated rings. The molecule has 0 aliphatic heterocycles. The smallest absolute Gasteiger partial charge is 0.241 e. The van der Waals surface area contributed by atoms with Crippen molar-refractivity contribution in [2.75, 3.05) is 5.32 Å². The van der Waals surface area contributed by atoms with Gasteiger partial charge in [0.05, 0.1) is 6.04 Å². The van der Waals surface area contributed by atoms with Crippen LogP contribution in [0.4, 0.5) is 5.69 Å². The van der Waals surface area contributed by atoms with Gasteiger partial charge in [0, 0.05) is 11.3 Å². The molecule has 0 heterocycles. The van der Waals surface area contributed by atoms with Crippen LogP contribution in [0.5, 0.6) is 0 Å². The highest BCUT2D eigenvalue weighted by molar-refractivity contribution is 5.98. The molecule has 2 rings (SSSR count). The summed E-state index contributed by atoms with van der Waals surface area (Å²) in [6, 6.07) is 17.3. The zero-order valence-corrected chi connectivity index (χ0v) is 12.5. The Kier molecular flexibility index (Phi) is 5.12. The Bertz CT molecular complexity index is 593. The zero-order valence-electron chi connectivity index (χ0n) is 12.5. The van der Waals surface area contributed by atoms with E-state index in [1.165, 1.54) is 0 Å². The van der Waals surface area contributed by atoms with Gasteiger partial charge in [-0.2, -0.15) is 0 Å². The van der Waals surface area contributed by atoms with E-state index in [4.69, 9.17) is 5.73 Å². The van der Waals surface area contributed by atoms with E-state index in [2.05, 4.69) is 19.2 Å². The number of nitrogens with one attached hydrogen (secondary N) is 1. The number of rotatable bonds is 5. The number of carbonyl (C=O) groups is 1. The summed E-state index contributed by atoms with van der Waals surface area (Å²) in [6.07, 6.45) is 0.680. The molecular weight excluding hydrogens is 260 g/mol. The van der Waals surface area contributed by atoms with Crippen molar-refractivity contribution in [1.29, 1.82) is 0 Å². The van der Waals surface area contributed by atoms with Crippen LogP contribution in [0.25, 0.3) is 11.1 Å². The van der Waals surface area contributed by atoms with Crippen molar-refractivity contribution in [2.24, 2.45) is 11.7 Å². The van der Waals surface area contributed by atoms with Gasteiger partial charge in [0.15, 0.2) is 0 Å². The Balaban J connectivity index is 2.20. The van der Waals surface area contributed by atoms with Crippen LogP contribution in [0.2, 0.25) is 0 Å². The van der Waals surface area contributed by atoms with Gasteiger partial charge in [-0.05, 0) is 24.0 Å². The Morgan fingerprint density at radius 2 is 1.67 bits per heavy atom. The van der Waals surface area contributed by atoms with E-state index in [9.17, 15) is 4.79 Å². The van der Waals surface area contributed by atoms with Gasteiger partial charge in [-0.15, -0.1) is 0 Å². The molecule has 0 spiro atoms. The fourth-order valence-electron chi connectivity index (χ4n) is 2.30. The molecule has 110 valence electrons. The predicted molar refractivity (Wildman–Crippen MR) is 87.9 cm³/mol. The van der Waals surface area contributed by atoms with Crippen LogP contribution >= 0.6 is 0 Å². The van der Waals surface area contributed by atoms with Crippen molar-refractivity contribution >= 4 is 11.6 Å². The van der Waals surface area contributed by atoms with E-state index in [1.807, 2.05) is 54.6 Å². The number of amides is 1. The zero-order chi connectivity index (χ0) is 15.2. The SMILES string of the molecule is CC(C)C[C@@H](N)C(=O)Nc1ccccc1-c1ccccc1. The third kappa shape index (κ3) is 4.17. The van der Waals surface area contributed by atoms with Crippen LogP contribution in [0.15, 0.2) is 54.6 Å². The van der Waals surface area contributed by atoms with Crippen LogP contribution in [-0.4, -0.2) is 11.9 Å². The molecule has 1 atom stereocenters. The fraction of sp³-hybridized carbons (Fsp3) is 0.278. The molecule has 0 aliphatic rings. The maximum atomic E-state index is 12.2. The van der Waals surface area contributed by atoms with Gasteiger partial charge in [-0.3, -0.25) is 4.79 Å². The topological polar surface area (TPSA) is 55.1 Å². The lowest BCUT2D eigenvalue weighted by Gasteiger charge is -2.16. The van der Waals surface area contributed by atoms with Crippen molar-refractivity contribution in [1.82, 2.24) is 0 Å². The second-order valence-corrected chi connectivity index (χ2v) is 5.64. The largest absolute Gasteiger partial charge is 0.324 e. The molecule has 0 saturated carbocycles. The maximum absolute atomic E-state index is 12.2. The van der Waals surface area contributed by atoms with E-state index in [-0.39, 0.29) is 5.91 Å². The number of benzene rings is 2. The number of nitrogens with two attached hydrogens (primary N) is 1. The van der Waals surface area contributed by atoms with Crippen molar-refractivity contribution in [3.8, 4) is 11.1 Å². The lowest BCUT2D eigenvalue weighted by Crippen LogP contribution is -2.36. The normalized spacial score (nSPS) is 12.2. The Labute approximate surface area is 126 Å². The number of carbonyl (C=O) groups excluding carboxylic acids is 1. The highest BCUT2D eigenvalue weighted by atomic mass is 16.2. The number of hydrogen-bond acceptors (Lipinski definition) is 2.